The summed E-state index contributed by atoms with van der Waals surface area (Å²) in [6, 6.07) is 0. The van der Waals surface area contributed by atoms with Crippen molar-refractivity contribution in [3.63, 3.8) is 0 Å². The van der Waals surface area contributed by atoms with E-state index in [2.05, 4.69) is 0 Å². The lowest BCUT2D eigenvalue weighted by atomic mass is 9.83. The van der Waals surface area contributed by atoms with E-state index < -0.39 is 36.0 Å². The molecule has 0 aliphatic carbocycles. The zero-order valence-electron chi connectivity index (χ0n) is 9.83. The van der Waals surface area contributed by atoms with Crippen molar-refractivity contribution in [2.24, 2.45) is 11.8 Å². The van der Waals surface area contributed by atoms with Gasteiger partial charge < -0.3 is 14.6 Å². The van der Waals surface area contributed by atoms with Crippen LogP contribution in [0.5, 0.6) is 0 Å². The summed E-state index contributed by atoms with van der Waals surface area (Å²) in [4.78, 5) is 23.1. The number of esters is 1. The molecule has 2 heterocycles. The van der Waals surface area contributed by atoms with Crippen molar-refractivity contribution in [3.8, 4) is 0 Å². The summed E-state index contributed by atoms with van der Waals surface area (Å²) in [5, 5.41) is 9.12. The van der Waals surface area contributed by atoms with Gasteiger partial charge in [0.05, 0.1) is 18.3 Å². The van der Waals surface area contributed by atoms with Gasteiger partial charge in [-0.15, -0.1) is 0 Å². The molecule has 94 valence electrons. The molecule has 2 aliphatic heterocycles. The van der Waals surface area contributed by atoms with E-state index >= 15 is 0 Å². The molecule has 0 aromatic carbocycles. The van der Waals surface area contributed by atoms with Gasteiger partial charge >= 0.3 is 11.9 Å². The molecule has 5 atom stereocenters. The lowest BCUT2D eigenvalue weighted by molar-refractivity contribution is -0.160. The number of hydrogen-bond acceptors (Lipinski definition) is 4. The predicted molar refractivity (Wildman–Crippen MR) is 58.3 cm³/mol. The van der Waals surface area contributed by atoms with E-state index in [4.69, 9.17) is 14.6 Å². The van der Waals surface area contributed by atoms with Crippen LogP contribution in [0.1, 0.15) is 20.3 Å². The highest BCUT2D eigenvalue weighted by atomic mass is 16.6. The molecule has 1 fully saturated rings. The van der Waals surface area contributed by atoms with Crippen molar-refractivity contribution >= 4 is 11.9 Å². The Morgan fingerprint density at radius 3 is 2.47 bits per heavy atom. The zero-order chi connectivity index (χ0) is 12.6. The van der Waals surface area contributed by atoms with E-state index in [9.17, 15) is 9.59 Å². The third kappa shape index (κ3) is 2.07. The first-order valence-corrected chi connectivity index (χ1v) is 5.81. The molecule has 17 heavy (non-hydrogen) atoms. The molecular formula is C12H16O5. The number of hydrogen-bond donors (Lipinski definition) is 1. The second kappa shape index (κ2) is 4.49. The van der Waals surface area contributed by atoms with Crippen molar-refractivity contribution in [2.75, 3.05) is 0 Å². The second-order valence-corrected chi connectivity index (χ2v) is 4.50. The van der Waals surface area contributed by atoms with E-state index in [0.29, 0.717) is 6.42 Å². The van der Waals surface area contributed by atoms with Crippen molar-refractivity contribution in [2.45, 2.75) is 38.6 Å². The van der Waals surface area contributed by atoms with Crippen molar-refractivity contribution in [1.29, 1.82) is 0 Å². The molecular weight excluding hydrogens is 224 g/mol. The summed E-state index contributed by atoms with van der Waals surface area (Å²) in [6.07, 6.45) is 3.02. The number of carboxylic acid groups (broad SMARTS) is 1. The lowest BCUT2D eigenvalue weighted by Crippen LogP contribution is -2.38. The number of carbonyl (C=O) groups is 2. The summed E-state index contributed by atoms with van der Waals surface area (Å²) in [7, 11) is 0. The Labute approximate surface area is 99.4 Å². The van der Waals surface area contributed by atoms with Crippen LogP contribution in [0.25, 0.3) is 0 Å². The summed E-state index contributed by atoms with van der Waals surface area (Å²) in [5.74, 6) is -3.00. The average molecular weight is 240 g/mol. The SMILES string of the molecule is CCC(C)OC(=O)C1C2C=CC(O2)C1C(=O)O. The van der Waals surface area contributed by atoms with Crippen LogP contribution in [0, 0.1) is 11.8 Å². The van der Waals surface area contributed by atoms with E-state index in [0.717, 1.165) is 0 Å². The number of carboxylic acids is 1. The summed E-state index contributed by atoms with van der Waals surface area (Å²) in [6.45, 7) is 3.70. The Morgan fingerprint density at radius 2 is 1.94 bits per heavy atom. The minimum absolute atomic E-state index is 0.194. The Hall–Kier alpha value is -1.36. The molecule has 0 spiro atoms. The number of rotatable bonds is 4. The molecule has 0 saturated carbocycles. The van der Waals surface area contributed by atoms with E-state index in [1.165, 1.54) is 0 Å². The molecule has 1 saturated heterocycles. The lowest BCUT2D eigenvalue weighted by Gasteiger charge is -2.22. The van der Waals surface area contributed by atoms with E-state index in [-0.39, 0.29) is 6.10 Å². The van der Waals surface area contributed by atoms with Crippen LogP contribution in [-0.4, -0.2) is 35.4 Å². The van der Waals surface area contributed by atoms with Crippen molar-refractivity contribution < 1.29 is 24.2 Å². The van der Waals surface area contributed by atoms with Gasteiger partial charge in [0.15, 0.2) is 0 Å². The number of aliphatic carboxylic acids is 1. The summed E-state index contributed by atoms with van der Waals surface area (Å²) >= 11 is 0. The number of ether oxygens (including phenoxy) is 2. The normalized spacial score (nSPS) is 35.9. The Balaban J connectivity index is 2.11. The van der Waals surface area contributed by atoms with Gasteiger partial charge in [0.1, 0.15) is 11.8 Å². The molecule has 2 bridgehead atoms. The smallest absolute Gasteiger partial charge is 0.313 e. The highest BCUT2D eigenvalue weighted by Gasteiger charge is 2.54. The van der Waals surface area contributed by atoms with E-state index in [1.54, 1.807) is 19.1 Å². The molecule has 5 unspecified atom stereocenters. The fraction of sp³-hybridized carbons (Fsp3) is 0.667. The fourth-order valence-electron chi connectivity index (χ4n) is 2.24. The molecule has 0 aromatic rings. The largest absolute Gasteiger partial charge is 0.481 e. The van der Waals surface area contributed by atoms with Crippen LogP contribution in [0.3, 0.4) is 0 Å². The molecule has 1 N–H and O–H groups in total. The molecule has 0 amide bonds. The van der Waals surface area contributed by atoms with Gasteiger partial charge in [-0.05, 0) is 13.3 Å². The third-order valence-electron chi connectivity index (χ3n) is 3.35. The highest BCUT2D eigenvalue weighted by molar-refractivity contribution is 5.84. The van der Waals surface area contributed by atoms with Crippen LogP contribution in [-0.2, 0) is 19.1 Å². The topological polar surface area (TPSA) is 72.8 Å². The Bertz CT molecular complexity index is 362. The Kier molecular flexibility index (Phi) is 3.19. The van der Waals surface area contributed by atoms with Gasteiger partial charge in [-0.25, -0.2) is 0 Å². The molecule has 2 rings (SSSR count). The van der Waals surface area contributed by atoms with Crippen LogP contribution in [0.2, 0.25) is 0 Å². The number of fused-ring (bicyclic) bond motifs is 2. The van der Waals surface area contributed by atoms with Gasteiger partial charge in [-0.2, -0.15) is 0 Å². The highest BCUT2D eigenvalue weighted by Crippen LogP contribution is 2.40. The predicted octanol–water partition coefficient (Wildman–Crippen LogP) is 0.982. The van der Waals surface area contributed by atoms with Crippen molar-refractivity contribution in [1.82, 2.24) is 0 Å². The first-order chi connectivity index (χ1) is 8.04. The zero-order valence-corrected chi connectivity index (χ0v) is 9.83. The third-order valence-corrected chi connectivity index (χ3v) is 3.35. The maximum absolute atomic E-state index is 11.9. The first kappa shape index (κ1) is 12.1. The Morgan fingerprint density at radius 1 is 1.35 bits per heavy atom. The van der Waals surface area contributed by atoms with Crippen LogP contribution < -0.4 is 0 Å². The molecule has 2 aliphatic rings. The molecule has 5 nitrogen and oxygen atoms in total. The molecule has 0 aromatic heterocycles. The standard InChI is InChI=1S/C12H16O5/c1-3-6(2)16-12(15)10-8-5-4-7(17-8)9(10)11(13)14/h4-10H,3H2,1-2H3,(H,13,14). The van der Waals surface area contributed by atoms with Crippen LogP contribution >= 0.6 is 0 Å². The van der Waals surface area contributed by atoms with Crippen molar-refractivity contribution in [3.05, 3.63) is 12.2 Å². The monoisotopic (exact) mass is 240 g/mol. The first-order valence-electron chi connectivity index (χ1n) is 5.81. The second-order valence-electron chi connectivity index (χ2n) is 4.50. The molecule has 5 heteroatoms. The maximum Gasteiger partial charge on any atom is 0.313 e. The van der Waals surface area contributed by atoms with Gasteiger partial charge in [0.25, 0.3) is 0 Å². The number of carbonyl (C=O) groups excluding carboxylic acids is 1. The average Bonchev–Trinajstić information content (AvgIpc) is 2.87. The van der Waals surface area contributed by atoms with Crippen LogP contribution in [0.15, 0.2) is 12.2 Å². The van der Waals surface area contributed by atoms with E-state index in [1.807, 2.05) is 6.92 Å². The maximum atomic E-state index is 11.9. The van der Waals surface area contributed by atoms with Gasteiger partial charge in [0.2, 0.25) is 0 Å². The quantitative estimate of drug-likeness (QED) is 0.586. The van der Waals surface area contributed by atoms with Gasteiger partial charge in [-0.1, -0.05) is 19.1 Å². The van der Waals surface area contributed by atoms with Gasteiger partial charge in [-0.3, -0.25) is 9.59 Å². The summed E-state index contributed by atoms with van der Waals surface area (Å²) < 4.78 is 10.6. The minimum Gasteiger partial charge on any atom is -0.481 e. The minimum atomic E-state index is -1.01. The molecule has 0 radical (unpaired) electrons. The summed E-state index contributed by atoms with van der Waals surface area (Å²) in [5.41, 5.74) is 0. The fourth-order valence-corrected chi connectivity index (χ4v) is 2.24. The van der Waals surface area contributed by atoms with Gasteiger partial charge in [0, 0.05) is 0 Å². The van der Waals surface area contributed by atoms with Crippen LogP contribution in [0.4, 0.5) is 0 Å².